The Hall–Kier alpha value is -1.28. The van der Waals surface area contributed by atoms with E-state index in [1.165, 1.54) is 26.6 Å². The molecule has 1 heterocycles. The molecule has 0 aliphatic rings. The third kappa shape index (κ3) is 2.64. The number of hydrogen-bond acceptors (Lipinski definition) is 2. The summed E-state index contributed by atoms with van der Waals surface area (Å²) in [6.07, 6.45) is 0. The largest absolute Gasteiger partial charge is 0.380 e. The molecule has 0 fully saturated rings. The van der Waals surface area contributed by atoms with Gasteiger partial charge in [-0.3, -0.25) is 0 Å². The Bertz CT molecular complexity index is 485. The zero-order chi connectivity index (χ0) is 11.5. The second kappa shape index (κ2) is 4.71. The van der Waals surface area contributed by atoms with Gasteiger partial charge in [-0.2, -0.15) is 0 Å². The highest BCUT2D eigenvalue weighted by molar-refractivity contribution is 7.11. The van der Waals surface area contributed by atoms with E-state index >= 15 is 0 Å². The molecule has 0 saturated carbocycles. The molecule has 0 bridgehead atoms. The fourth-order valence-electron chi connectivity index (χ4n) is 1.69. The fourth-order valence-corrected chi connectivity index (χ4v) is 2.52. The molecule has 2 aromatic rings. The Morgan fingerprint density at radius 3 is 2.56 bits per heavy atom. The highest BCUT2D eigenvalue weighted by Crippen LogP contribution is 2.20. The smallest absolute Gasteiger partial charge is 0.0494 e. The predicted molar refractivity (Wildman–Crippen MR) is 72.3 cm³/mol. The monoisotopic (exact) mass is 231 g/mol. The van der Waals surface area contributed by atoms with Gasteiger partial charge >= 0.3 is 0 Å². The van der Waals surface area contributed by atoms with Crippen LogP contribution < -0.4 is 5.32 Å². The van der Waals surface area contributed by atoms with Crippen molar-refractivity contribution in [3.8, 4) is 0 Å². The van der Waals surface area contributed by atoms with Crippen LogP contribution in [0.1, 0.15) is 20.9 Å². The van der Waals surface area contributed by atoms with E-state index in [2.05, 4.69) is 56.4 Å². The highest BCUT2D eigenvalue weighted by Gasteiger charge is 2.00. The molecule has 0 amide bonds. The molecule has 0 unspecified atom stereocenters. The molecule has 0 atom stereocenters. The lowest BCUT2D eigenvalue weighted by Crippen LogP contribution is -1.99. The normalized spacial score (nSPS) is 10.4. The van der Waals surface area contributed by atoms with Gasteiger partial charge in [0.05, 0.1) is 0 Å². The topological polar surface area (TPSA) is 12.0 Å². The number of nitrogens with one attached hydrogen (secondary N) is 1. The number of hydrogen-bond donors (Lipinski definition) is 1. The van der Waals surface area contributed by atoms with Crippen LogP contribution in [-0.4, -0.2) is 0 Å². The van der Waals surface area contributed by atoms with Crippen LogP contribution in [0.3, 0.4) is 0 Å². The molecule has 1 aromatic carbocycles. The third-order valence-corrected chi connectivity index (χ3v) is 3.64. The summed E-state index contributed by atoms with van der Waals surface area (Å²) in [5.41, 5.74) is 3.85. The van der Waals surface area contributed by atoms with Crippen LogP contribution in [0.25, 0.3) is 0 Å². The number of thiophene rings is 1. The second-order valence-electron chi connectivity index (χ2n) is 4.18. The molecule has 0 aliphatic carbocycles. The van der Waals surface area contributed by atoms with E-state index in [9.17, 15) is 0 Å². The SMILES string of the molecule is Cc1ccc(C)c(NCc2ccc(C)s2)c1. The molecule has 1 nitrogen and oxygen atoms in total. The molecule has 0 saturated heterocycles. The van der Waals surface area contributed by atoms with Gasteiger partial charge in [-0.1, -0.05) is 12.1 Å². The van der Waals surface area contributed by atoms with Crippen LogP contribution in [0, 0.1) is 20.8 Å². The van der Waals surface area contributed by atoms with Gasteiger partial charge in [0.15, 0.2) is 0 Å². The minimum Gasteiger partial charge on any atom is -0.380 e. The van der Waals surface area contributed by atoms with Gasteiger partial charge in [0.2, 0.25) is 0 Å². The van der Waals surface area contributed by atoms with Crippen LogP contribution >= 0.6 is 11.3 Å². The van der Waals surface area contributed by atoms with Crippen LogP contribution in [0.15, 0.2) is 30.3 Å². The maximum absolute atomic E-state index is 3.49. The first-order valence-corrected chi connectivity index (χ1v) is 6.33. The van der Waals surface area contributed by atoms with E-state index in [0.29, 0.717) is 0 Å². The van der Waals surface area contributed by atoms with Crippen molar-refractivity contribution in [3.05, 3.63) is 51.2 Å². The van der Waals surface area contributed by atoms with E-state index < -0.39 is 0 Å². The standard InChI is InChI=1S/C14H17NS/c1-10-4-5-11(2)14(8-10)15-9-13-7-6-12(3)16-13/h4-8,15H,9H2,1-3H3. The van der Waals surface area contributed by atoms with Crippen molar-refractivity contribution in [2.24, 2.45) is 0 Å². The quantitative estimate of drug-likeness (QED) is 0.831. The average molecular weight is 231 g/mol. The van der Waals surface area contributed by atoms with Crippen molar-refractivity contribution in [2.75, 3.05) is 5.32 Å². The van der Waals surface area contributed by atoms with Crippen molar-refractivity contribution in [1.29, 1.82) is 0 Å². The third-order valence-electron chi connectivity index (χ3n) is 2.64. The van der Waals surface area contributed by atoms with Gasteiger partial charge in [0.1, 0.15) is 0 Å². The van der Waals surface area contributed by atoms with E-state index in [4.69, 9.17) is 0 Å². The van der Waals surface area contributed by atoms with E-state index in [1.54, 1.807) is 0 Å². The van der Waals surface area contributed by atoms with Crippen LogP contribution in [-0.2, 0) is 6.54 Å². The first-order chi connectivity index (χ1) is 7.65. The zero-order valence-electron chi connectivity index (χ0n) is 10.0. The van der Waals surface area contributed by atoms with E-state index in [0.717, 1.165) is 6.54 Å². The van der Waals surface area contributed by atoms with Gasteiger partial charge in [-0.25, -0.2) is 0 Å². The molecule has 0 radical (unpaired) electrons. The van der Waals surface area contributed by atoms with Crippen molar-refractivity contribution < 1.29 is 0 Å². The highest BCUT2D eigenvalue weighted by atomic mass is 32.1. The fraction of sp³-hybridized carbons (Fsp3) is 0.286. The minimum absolute atomic E-state index is 0.919. The Balaban J connectivity index is 2.07. The van der Waals surface area contributed by atoms with Gasteiger partial charge in [-0.05, 0) is 50.1 Å². The Morgan fingerprint density at radius 1 is 1.06 bits per heavy atom. The molecular weight excluding hydrogens is 214 g/mol. The molecule has 16 heavy (non-hydrogen) atoms. The Labute approximate surface area is 101 Å². The van der Waals surface area contributed by atoms with Crippen LogP contribution in [0.4, 0.5) is 5.69 Å². The Kier molecular flexibility index (Phi) is 3.30. The molecule has 2 rings (SSSR count). The summed E-state index contributed by atoms with van der Waals surface area (Å²) >= 11 is 1.85. The summed E-state index contributed by atoms with van der Waals surface area (Å²) in [6.45, 7) is 7.33. The van der Waals surface area contributed by atoms with Crippen molar-refractivity contribution in [3.63, 3.8) is 0 Å². The van der Waals surface area contributed by atoms with Crippen molar-refractivity contribution in [1.82, 2.24) is 0 Å². The van der Waals surface area contributed by atoms with E-state index in [-0.39, 0.29) is 0 Å². The number of benzene rings is 1. The summed E-state index contributed by atoms with van der Waals surface area (Å²) < 4.78 is 0. The van der Waals surface area contributed by atoms with Gasteiger partial charge in [-0.15, -0.1) is 11.3 Å². The van der Waals surface area contributed by atoms with Crippen molar-refractivity contribution >= 4 is 17.0 Å². The maximum atomic E-state index is 3.49. The molecular formula is C14H17NS. The lowest BCUT2D eigenvalue weighted by atomic mass is 10.1. The van der Waals surface area contributed by atoms with E-state index in [1.807, 2.05) is 11.3 Å². The van der Waals surface area contributed by atoms with Crippen LogP contribution in [0.2, 0.25) is 0 Å². The lowest BCUT2D eigenvalue weighted by molar-refractivity contribution is 1.17. The number of aryl methyl sites for hydroxylation is 3. The second-order valence-corrected chi connectivity index (χ2v) is 5.56. The summed E-state index contributed by atoms with van der Waals surface area (Å²) in [5.74, 6) is 0. The zero-order valence-corrected chi connectivity index (χ0v) is 10.8. The molecule has 1 N–H and O–H groups in total. The maximum Gasteiger partial charge on any atom is 0.0494 e. The molecule has 0 aliphatic heterocycles. The number of anilines is 1. The van der Waals surface area contributed by atoms with Crippen molar-refractivity contribution in [2.45, 2.75) is 27.3 Å². The number of rotatable bonds is 3. The van der Waals surface area contributed by atoms with Gasteiger partial charge in [0, 0.05) is 22.0 Å². The Morgan fingerprint density at radius 2 is 1.88 bits per heavy atom. The molecule has 0 spiro atoms. The summed E-state index contributed by atoms with van der Waals surface area (Å²) in [7, 11) is 0. The predicted octanol–water partition coefficient (Wildman–Crippen LogP) is 4.29. The van der Waals surface area contributed by atoms with Gasteiger partial charge in [0.25, 0.3) is 0 Å². The minimum atomic E-state index is 0.919. The molecule has 84 valence electrons. The first-order valence-electron chi connectivity index (χ1n) is 5.51. The van der Waals surface area contributed by atoms with Gasteiger partial charge < -0.3 is 5.32 Å². The average Bonchev–Trinajstić information content (AvgIpc) is 2.66. The summed E-state index contributed by atoms with van der Waals surface area (Å²) in [5, 5.41) is 3.49. The summed E-state index contributed by atoms with van der Waals surface area (Å²) in [6, 6.07) is 10.9. The molecule has 2 heteroatoms. The molecule has 1 aromatic heterocycles. The van der Waals surface area contributed by atoms with Crippen LogP contribution in [0.5, 0.6) is 0 Å². The first kappa shape index (κ1) is 11.2. The summed E-state index contributed by atoms with van der Waals surface area (Å²) in [4.78, 5) is 2.76. The lowest BCUT2D eigenvalue weighted by Gasteiger charge is -2.09.